The van der Waals surface area contributed by atoms with E-state index in [1.165, 1.54) is 12.1 Å². The van der Waals surface area contributed by atoms with E-state index in [-0.39, 0.29) is 5.54 Å². The molecule has 1 rings (SSSR count). The second-order valence-corrected chi connectivity index (χ2v) is 7.49. The molecule has 1 atom stereocenters. The molecule has 0 amide bonds. The maximum Gasteiger partial charge on any atom is 0.0372 e. The van der Waals surface area contributed by atoms with Crippen LogP contribution in [0.4, 0.5) is 5.69 Å². The molecule has 0 spiro atoms. The lowest BCUT2D eigenvalue weighted by molar-refractivity contribution is 0.314. The number of benzene rings is 1. The summed E-state index contributed by atoms with van der Waals surface area (Å²) in [4.78, 5) is 2.54. The molecule has 0 aromatic heterocycles. The molecule has 1 nitrogen and oxygen atoms in total. The van der Waals surface area contributed by atoms with Crippen LogP contribution in [0.15, 0.2) is 30.3 Å². The zero-order chi connectivity index (χ0) is 14.0. The lowest BCUT2D eigenvalue weighted by Gasteiger charge is -2.44. The number of hydrogen-bond acceptors (Lipinski definition) is 1. The van der Waals surface area contributed by atoms with Crippen molar-refractivity contribution in [3.05, 3.63) is 30.3 Å². The predicted octanol–water partition coefficient (Wildman–Crippen LogP) is 5.12. The molecule has 0 heterocycles. The minimum Gasteiger partial charge on any atom is -0.364 e. The number of anilines is 1. The van der Waals surface area contributed by atoms with Gasteiger partial charge in [-0.05, 0) is 51.7 Å². The van der Waals surface area contributed by atoms with Gasteiger partial charge in [0.1, 0.15) is 0 Å². The summed E-state index contributed by atoms with van der Waals surface area (Å²) in [6.45, 7) is 16.2. The van der Waals surface area contributed by atoms with Gasteiger partial charge < -0.3 is 4.90 Å². The summed E-state index contributed by atoms with van der Waals surface area (Å²) in [5, 5.41) is 0. The Morgan fingerprint density at radius 2 is 1.44 bits per heavy atom. The smallest absolute Gasteiger partial charge is 0.0372 e. The third kappa shape index (κ3) is 4.36. The third-order valence-electron chi connectivity index (χ3n) is 3.11. The van der Waals surface area contributed by atoms with Crippen molar-refractivity contribution >= 4 is 5.69 Å². The van der Waals surface area contributed by atoms with Gasteiger partial charge in [-0.25, -0.2) is 0 Å². The SMILES string of the molecule is CC(CC(C)(C)C)N(c1ccccc1)C(C)(C)C. The topological polar surface area (TPSA) is 3.24 Å². The maximum atomic E-state index is 2.54. The Hall–Kier alpha value is -0.980. The van der Waals surface area contributed by atoms with Crippen LogP contribution in [0.1, 0.15) is 54.9 Å². The van der Waals surface area contributed by atoms with E-state index in [2.05, 4.69) is 83.7 Å². The summed E-state index contributed by atoms with van der Waals surface area (Å²) >= 11 is 0. The Balaban J connectivity index is 3.01. The standard InChI is InChI=1S/C17H29N/c1-14(13-16(2,3)4)18(17(5,6)7)15-11-9-8-10-12-15/h8-12,14H,13H2,1-7H3. The molecule has 102 valence electrons. The second-order valence-electron chi connectivity index (χ2n) is 7.49. The van der Waals surface area contributed by atoms with Crippen molar-refractivity contribution in [1.82, 2.24) is 0 Å². The number of nitrogens with zero attached hydrogens (tertiary/aromatic N) is 1. The molecule has 1 unspecified atom stereocenters. The van der Waals surface area contributed by atoms with Gasteiger partial charge in [-0.1, -0.05) is 39.0 Å². The van der Waals surface area contributed by atoms with Crippen LogP contribution in [-0.4, -0.2) is 11.6 Å². The largest absolute Gasteiger partial charge is 0.364 e. The van der Waals surface area contributed by atoms with Crippen molar-refractivity contribution < 1.29 is 0 Å². The number of hydrogen-bond donors (Lipinski definition) is 0. The summed E-state index contributed by atoms with van der Waals surface area (Å²) in [5.74, 6) is 0. The Morgan fingerprint density at radius 1 is 0.944 bits per heavy atom. The van der Waals surface area contributed by atoms with Gasteiger partial charge in [-0.15, -0.1) is 0 Å². The molecule has 0 saturated heterocycles. The lowest BCUT2D eigenvalue weighted by atomic mass is 9.86. The van der Waals surface area contributed by atoms with Crippen molar-refractivity contribution in [1.29, 1.82) is 0 Å². The first-order valence-corrected chi connectivity index (χ1v) is 6.96. The van der Waals surface area contributed by atoms with E-state index in [9.17, 15) is 0 Å². The van der Waals surface area contributed by atoms with Crippen molar-refractivity contribution in [2.24, 2.45) is 5.41 Å². The second kappa shape index (κ2) is 5.34. The highest BCUT2D eigenvalue weighted by atomic mass is 15.2. The summed E-state index contributed by atoms with van der Waals surface area (Å²) in [6, 6.07) is 11.3. The molecule has 0 radical (unpaired) electrons. The maximum absolute atomic E-state index is 2.54. The average Bonchev–Trinajstić information content (AvgIpc) is 2.13. The molecule has 0 bridgehead atoms. The normalized spacial score (nSPS) is 14.4. The van der Waals surface area contributed by atoms with Gasteiger partial charge in [0, 0.05) is 17.3 Å². The predicted molar refractivity (Wildman–Crippen MR) is 82.2 cm³/mol. The number of para-hydroxylation sites is 1. The monoisotopic (exact) mass is 247 g/mol. The fourth-order valence-corrected chi connectivity index (χ4v) is 2.87. The Labute approximate surface area is 113 Å². The van der Waals surface area contributed by atoms with E-state index in [4.69, 9.17) is 0 Å². The van der Waals surface area contributed by atoms with E-state index >= 15 is 0 Å². The van der Waals surface area contributed by atoms with E-state index in [1.807, 2.05) is 0 Å². The van der Waals surface area contributed by atoms with Gasteiger partial charge in [0.25, 0.3) is 0 Å². The van der Waals surface area contributed by atoms with E-state index in [1.54, 1.807) is 0 Å². The first kappa shape index (κ1) is 15.1. The van der Waals surface area contributed by atoms with Crippen LogP contribution < -0.4 is 4.90 Å². The molecule has 0 fully saturated rings. The van der Waals surface area contributed by atoms with Crippen molar-refractivity contribution in [2.45, 2.75) is 66.5 Å². The molecule has 1 heteroatoms. The first-order valence-electron chi connectivity index (χ1n) is 6.96. The van der Waals surface area contributed by atoms with Gasteiger partial charge in [-0.2, -0.15) is 0 Å². The molecule has 1 aromatic carbocycles. The highest BCUT2D eigenvalue weighted by molar-refractivity contribution is 5.49. The molecule has 1 aromatic rings. The molecule has 0 N–H and O–H groups in total. The zero-order valence-corrected chi connectivity index (χ0v) is 13.1. The quantitative estimate of drug-likeness (QED) is 0.717. The van der Waals surface area contributed by atoms with E-state index in [0.29, 0.717) is 11.5 Å². The van der Waals surface area contributed by atoms with Crippen LogP contribution in [0, 0.1) is 5.41 Å². The fourth-order valence-electron chi connectivity index (χ4n) is 2.87. The minimum atomic E-state index is 0.145. The van der Waals surface area contributed by atoms with Crippen LogP contribution in [0.3, 0.4) is 0 Å². The Kier molecular flexibility index (Phi) is 4.47. The van der Waals surface area contributed by atoms with Crippen molar-refractivity contribution in [3.8, 4) is 0 Å². The zero-order valence-electron chi connectivity index (χ0n) is 13.1. The van der Waals surface area contributed by atoms with Gasteiger partial charge in [-0.3, -0.25) is 0 Å². The molecule has 18 heavy (non-hydrogen) atoms. The summed E-state index contributed by atoms with van der Waals surface area (Å²) in [6.07, 6.45) is 1.19. The van der Waals surface area contributed by atoms with Crippen LogP contribution in [0.5, 0.6) is 0 Å². The highest BCUT2D eigenvalue weighted by Gasteiger charge is 2.28. The van der Waals surface area contributed by atoms with Crippen LogP contribution in [0.25, 0.3) is 0 Å². The first-order chi connectivity index (χ1) is 8.11. The highest BCUT2D eigenvalue weighted by Crippen LogP contribution is 2.31. The van der Waals surface area contributed by atoms with Crippen LogP contribution in [0.2, 0.25) is 0 Å². The van der Waals surface area contributed by atoms with Gasteiger partial charge in [0.15, 0.2) is 0 Å². The average molecular weight is 247 g/mol. The molecule has 0 aliphatic rings. The Morgan fingerprint density at radius 3 is 1.83 bits per heavy atom. The van der Waals surface area contributed by atoms with Crippen molar-refractivity contribution in [3.63, 3.8) is 0 Å². The summed E-state index contributed by atoms with van der Waals surface area (Å²) in [5.41, 5.74) is 1.82. The Bertz CT molecular complexity index is 353. The minimum absolute atomic E-state index is 0.145. The third-order valence-corrected chi connectivity index (χ3v) is 3.11. The van der Waals surface area contributed by atoms with Gasteiger partial charge in [0.2, 0.25) is 0 Å². The fraction of sp³-hybridized carbons (Fsp3) is 0.647. The van der Waals surface area contributed by atoms with E-state index < -0.39 is 0 Å². The molecular formula is C17H29N. The summed E-state index contributed by atoms with van der Waals surface area (Å²) < 4.78 is 0. The molecular weight excluding hydrogens is 218 g/mol. The summed E-state index contributed by atoms with van der Waals surface area (Å²) in [7, 11) is 0. The van der Waals surface area contributed by atoms with Crippen molar-refractivity contribution in [2.75, 3.05) is 4.90 Å². The molecule has 0 aliphatic carbocycles. The molecule has 0 saturated carbocycles. The van der Waals surface area contributed by atoms with E-state index in [0.717, 1.165) is 0 Å². The van der Waals surface area contributed by atoms with Gasteiger partial charge >= 0.3 is 0 Å². The van der Waals surface area contributed by atoms with Crippen LogP contribution >= 0.6 is 0 Å². The molecule has 0 aliphatic heterocycles. The van der Waals surface area contributed by atoms with Crippen LogP contribution in [-0.2, 0) is 0 Å². The lowest BCUT2D eigenvalue weighted by Crippen LogP contribution is -2.48. The van der Waals surface area contributed by atoms with Gasteiger partial charge in [0.05, 0.1) is 0 Å². The number of rotatable bonds is 3.